The zero-order chi connectivity index (χ0) is 13.7. The Kier molecular flexibility index (Phi) is 4.40. The lowest BCUT2D eigenvalue weighted by Crippen LogP contribution is -2.42. The number of rotatable bonds is 6. The van der Waals surface area contributed by atoms with Crippen LogP contribution in [0.15, 0.2) is 48.8 Å². The summed E-state index contributed by atoms with van der Waals surface area (Å²) in [6.07, 6.45) is 4.21. The van der Waals surface area contributed by atoms with Crippen molar-refractivity contribution < 1.29 is 5.11 Å². The standard InChI is InChI=1S/C16H22N2O/c1-3-18-10-9-14(12-18)11-17-16(2,13-19)15-7-5-4-6-8-15/h4-10,12,17,19H,3,11,13H2,1-2H3. The Labute approximate surface area is 114 Å². The predicted molar refractivity (Wildman–Crippen MR) is 77.8 cm³/mol. The van der Waals surface area contributed by atoms with Crippen molar-refractivity contribution >= 4 is 0 Å². The molecule has 1 atom stereocenters. The number of aromatic nitrogens is 1. The van der Waals surface area contributed by atoms with Crippen molar-refractivity contribution in [2.24, 2.45) is 0 Å². The molecule has 0 radical (unpaired) electrons. The van der Waals surface area contributed by atoms with E-state index in [1.54, 1.807) is 0 Å². The van der Waals surface area contributed by atoms with E-state index in [4.69, 9.17) is 0 Å². The highest BCUT2D eigenvalue weighted by Crippen LogP contribution is 2.20. The fraction of sp³-hybridized carbons (Fsp3) is 0.375. The highest BCUT2D eigenvalue weighted by atomic mass is 16.3. The second-order valence-electron chi connectivity index (χ2n) is 5.06. The van der Waals surface area contributed by atoms with Crippen LogP contribution in [0.1, 0.15) is 25.0 Å². The Bertz CT molecular complexity index is 506. The summed E-state index contributed by atoms with van der Waals surface area (Å²) < 4.78 is 2.15. The number of nitrogens with zero attached hydrogens (tertiary/aromatic N) is 1. The van der Waals surface area contributed by atoms with Gasteiger partial charge in [-0.05, 0) is 31.0 Å². The molecule has 102 valence electrons. The third-order valence-corrected chi connectivity index (χ3v) is 3.59. The molecule has 0 aliphatic heterocycles. The van der Waals surface area contributed by atoms with Crippen molar-refractivity contribution in [1.82, 2.24) is 9.88 Å². The summed E-state index contributed by atoms with van der Waals surface area (Å²) in [6, 6.07) is 12.2. The fourth-order valence-corrected chi connectivity index (χ4v) is 2.14. The smallest absolute Gasteiger partial charge is 0.0652 e. The van der Waals surface area contributed by atoms with Gasteiger partial charge in [0.25, 0.3) is 0 Å². The van der Waals surface area contributed by atoms with E-state index in [0.717, 1.165) is 18.7 Å². The third kappa shape index (κ3) is 3.25. The Morgan fingerprint density at radius 2 is 1.95 bits per heavy atom. The summed E-state index contributed by atoms with van der Waals surface area (Å²) >= 11 is 0. The molecule has 1 heterocycles. The van der Waals surface area contributed by atoms with Gasteiger partial charge in [-0.3, -0.25) is 0 Å². The van der Waals surface area contributed by atoms with Crippen LogP contribution in [-0.4, -0.2) is 16.3 Å². The molecular formula is C16H22N2O. The van der Waals surface area contributed by atoms with Crippen LogP contribution in [0.4, 0.5) is 0 Å². The average molecular weight is 258 g/mol. The van der Waals surface area contributed by atoms with Crippen molar-refractivity contribution in [3.05, 3.63) is 59.9 Å². The third-order valence-electron chi connectivity index (χ3n) is 3.59. The Balaban J connectivity index is 2.06. The lowest BCUT2D eigenvalue weighted by atomic mass is 9.93. The van der Waals surface area contributed by atoms with E-state index in [0.29, 0.717) is 0 Å². The summed E-state index contributed by atoms with van der Waals surface area (Å²) in [7, 11) is 0. The molecule has 0 saturated heterocycles. The Morgan fingerprint density at radius 3 is 2.53 bits per heavy atom. The van der Waals surface area contributed by atoms with Crippen molar-refractivity contribution in [3.63, 3.8) is 0 Å². The first kappa shape index (κ1) is 13.8. The van der Waals surface area contributed by atoms with Crippen LogP contribution < -0.4 is 5.32 Å². The van der Waals surface area contributed by atoms with Crippen LogP contribution in [0.25, 0.3) is 0 Å². The number of aliphatic hydroxyl groups is 1. The first-order valence-electron chi connectivity index (χ1n) is 6.74. The average Bonchev–Trinajstić information content (AvgIpc) is 2.94. The van der Waals surface area contributed by atoms with Crippen LogP contribution in [0.5, 0.6) is 0 Å². The quantitative estimate of drug-likeness (QED) is 0.835. The number of hydrogen-bond donors (Lipinski definition) is 2. The first-order valence-corrected chi connectivity index (χ1v) is 6.74. The monoisotopic (exact) mass is 258 g/mol. The summed E-state index contributed by atoms with van der Waals surface area (Å²) in [5.74, 6) is 0. The lowest BCUT2D eigenvalue weighted by molar-refractivity contribution is 0.173. The van der Waals surface area contributed by atoms with E-state index in [1.165, 1.54) is 5.56 Å². The molecule has 0 spiro atoms. The highest BCUT2D eigenvalue weighted by molar-refractivity contribution is 5.24. The summed E-state index contributed by atoms with van der Waals surface area (Å²) in [5, 5.41) is 13.2. The van der Waals surface area contributed by atoms with Gasteiger partial charge in [-0.2, -0.15) is 0 Å². The zero-order valence-electron chi connectivity index (χ0n) is 11.6. The molecule has 1 unspecified atom stereocenters. The lowest BCUT2D eigenvalue weighted by Gasteiger charge is -2.29. The van der Waals surface area contributed by atoms with Crippen LogP contribution in [0.3, 0.4) is 0 Å². The maximum Gasteiger partial charge on any atom is 0.0652 e. The van der Waals surface area contributed by atoms with E-state index < -0.39 is 5.54 Å². The molecule has 3 heteroatoms. The van der Waals surface area contributed by atoms with Crippen LogP contribution in [0.2, 0.25) is 0 Å². The summed E-state index contributed by atoms with van der Waals surface area (Å²) in [4.78, 5) is 0. The minimum absolute atomic E-state index is 0.0749. The SMILES string of the molecule is CCn1ccc(CNC(C)(CO)c2ccccc2)c1. The molecule has 3 nitrogen and oxygen atoms in total. The number of aryl methyl sites for hydroxylation is 1. The van der Waals surface area contributed by atoms with Gasteiger partial charge in [0.05, 0.1) is 12.1 Å². The van der Waals surface area contributed by atoms with E-state index in [2.05, 4.69) is 35.3 Å². The second-order valence-corrected chi connectivity index (χ2v) is 5.06. The molecule has 2 aromatic rings. The molecular weight excluding hydrogens is 236 g/mol. The Morgan fingerprint density at radius 1 is 1.21 bits per heavy atom. The van der Waals surface area contributed by atoms with Crippen molar-refractivity contribution in [2.45, 2.75) is 32.5 Å². The Hall–Kier alpha value is -1.58. The van der Waals surface area contributed by atoms with E-state index >= 15 is 0 Å². The van der Waals surface area contributed by atoms with Gasteiger partial charge < -0.3 is 15.0 Å². The normalized spacial score (nSPS) is 14.3. The number of hydrogen-bond acceptors (Lipinski definition) is 2. The van der Waals surface area contributed by atoms with Crippen molar-refractivity contribution in [1.29, 1.82) is 0 Å². The van der Waals surface area contributed by atoms with E-state index in [-0.39, 0.29) is 6.61 Å². The minimum Gasteiger partial charge on any atom is -0.394 e. The molecule has 0 amide bonds. The van der Waals surface area contributed by atoms with Gasteiger partial charge in [0.15, 0.2) is 0 Å². The van der Waals surface area contributed by atoms with Gasteiger partial charge in [0.1, 0.15) is 0 Å². The van der Waals surface area contributed by atoms with Crippen LogP contribution in [0, 0.1) is 0 Å². The molecule has 0 fully saturated rings. The molecule has 0 saturated carbocycles. The van der Waals surface area contributed by atoms with Crippen molar-refractivity contribution in [2.75, 3.05) is 6.61 Å². The zero-order valence-corrected chi connectivity index (χ0v) is 11.6. The maximum atomic E-state index is 9.70. The van der Waals surface area contributed by atoms with Gasteiger partial charge in [-0.1, -0.05) is 30.3 Å². The molecule has 1 aromatic carbocycles. The predicted octanol–water partition coefficient (Wildman–Crippen LogP) is 2.51. The van der Waals surface area contributed by atoms with Gasteiger partial charge in [-0.15, -0.1) is 0 Å². The topological polar surface area (TPSA) is 37.2 Å². The molecule has 0 aliphatic rings. The molecule has 2 N–H and O–H groups in total. The van der Waals surface area contributed by atoms with Crippen LogP contribution >= 0.6 is 0 Å². The highest BCUT2D eigenvalue weighted by Gasteiger charge is 2.24. The van der Waals surface area contributed by atoms with Gasteiger partial charge in [0, 0.05) is 25.5 Å². The maximum absolute atomic E-state index is 9.70. The van der Waals surface area contributed by atoms with Gasteiger partial charge in [0.2, 0.25) is 0 Å². The van der Waals surface area contributed by atoms with E-state index in [9.17, 15) is 5.11 Å². The number of nitrogens with one attached hydrogen (secondary N) is 1. The second kappa shape index (κ2) is 6.04. The summed E-state index contributed by atoms with van der Waals surface area (Å²) in [6.45, 7) is 5.96. The molecule has 2 rings (SSSR count). The van der Waals surface area contributed by atoms with Crippen LogP contribution in [-0.2, 0) is 18.6 Å². The van der Waals surface area contributed by atoms with E-state index in [1.807, 2.05) is 37.3 Å². The number of benzene rings is 1. The molecule has 0 bridgehead atoms. The largest absolute Gasteiger partial charge is 0.394 e. The molecule has 19 heavy (non-hydrogen) atoms. The van der Waals surface area contributed by atoms with Crippen molar-refractivity contribution in [3.8, 4) is 0 Å². The summed E-state index contributed by atoms with van der Waals surface area (Å²) in [5.41, 5.74) is 1.93. The first-order chi connectivity index (χ1) is 9.18. The molecule has 1 aromatic heterocycles. The van der Waals surface area contributed by atoms with Gasteiger partial charge in [-0.25, -0.2) is 0 Å². The minimum atomic E-state index is -0.407. The molecule has 0 aliphatic carbocycles. The number of aliphatic hydroxyl groups excluding tert-OH is 1. The fourth-order valence-electron chi connectivity index (χ4n) is 2.14. The van der Waals surface area contributed by atoms with Gasteiger partial charge >= 0.3 is 0 Å².